The molecule has 0 saturated heterocycles. The van der Waals surface area contributed by atoms with Gasteiger partial charge in [-0.15, -0.1) is 0 Å². The summed E-state index contributed by atoms with van der Waals surface area (Å²) in [5.74, 6) is -0.792. The Morgan fingerprint density at radius 3 is 2.88 bits per heavy atom. The predicted octanol–water partition coefficient (Wildman–Crippen LogP) is 2.71. The molecule has 0 fully saturated rings. The monoisotopic (exact) mass is 218 g/mol. The summed E-state index contributed by atoms with van der Waals surface area (Å²) in [5, 5.41) is 2.51. The van der Waals surface area contributed by atoms with Crippen LogP contribution in [0.5, 0.6) is 0 Å². The number of aromatic amines is 1. The van der Waals surface area contributed by atoms with Gasteiger partial charge in [-0.1, -0.05) is 6.07 Å². The number of nitrogens with one attached hydrogen (secondary N) is 2. The predicted molar refractivity (Wildman–Crippen MR) is 59.9 cm³/mol. The van der Waals surface area contributed by atoms with E-state index >= 15 is 0 Å². The summed E-state index contributed by atoms with van der Waals surface area (Å²) in [4.78, 5) is 14.4. The summed E-state index contributed by atoms with van der Waals surface area (Å²) >= 11 is 0. The van der Waals surface area contributed by atoms with E-state index in [4.69, 9.17) is 0 Å². The van der Waals surface area contributed by atoms with Crippen molar-refractivity contribution in [2.45, 2.75) is 6.92 Å². The number of carbonyl (C=O) groups excluding carboxylic acids is 1. The molecule has 0 radical (unpaired) electrons. The van der Waals surface area contributed by atoms with Gasteiger partial charge in [0.05, 0.1) is 5.69 Å². The molecule has 16 heavy (non-hydrogen) atoms. The standard InChI is InChI=1S/C12H11FN2O/c1-8-4-5-9(13)11(7-8)15-12(16)10-3-2-6-14-10/h2-7,14H,1H3,(H,15,16). The van der Waals surface area contributed by atoms with Crippen LogP contribution in [-0.2, 0) is 0 Å². The average molecular weight is 218 g/mol. The first-order chi connectivity index (χ1) is 7.66. The number of benzene rings is 1. The highest BCUT2D eigenvalue weighted by Gasteiger charge is 2.09. The third-order valence-corrected chi connectivity index (χ3v) is 2.21. The number of anilines is 1. The van der Waals surface area contributed by atoms with Gasteiger partial charge in [-0.2, -0.15) is 0 Å². The molecule has 0 unspecified atom stereocenters. The Morgan fingerprint density at radius 2 is 2.19 bits per heavy atom. The second-order valence-electron chi connectivity index (χ2n) is 3.52. The normalized spacial score (nSPS) is 10.1. The van der Waals surface area contributed by atoms with Crippen molar-refractivity contribution in [2.75, 3.05) is 5.32 Å². The zero-order valence-corrected chi connectivity index (χ0v) is 8.75. The molecular weight excluding hydrogens is 207 g/mol. The smallest absolute Gasteiger partial charge is 0.272 e. The summed E-state index contributed by atoms with van der Waals surface area (Å²) in [6.45, 7) is 1.84. The summed E-state index contributed by atoms with van der Waals surface area (Å²) in [6.07, 6.45) is 1.64. The summed E-state index contributed by atoms with van der Waals surface area (Å²) in [5.41, 5.74) is 1.49. The largest absolute Gasteiger partial charge is 0.357 e. The summed E-state index contributed by atoms with van der Waals surface area (Å²) in [6, 6.07) is 7.92. The van der Waals surface area contributed by atoms with Crippen LogP contribution in [-0.4, -0.2) is 10.9 Å². The molecule has 0 aliphatic rings. The van der Waals surface area contributed by atoms with Crippen molar-refractivity contribution in [3.05, 3.63) is 53.6 Å². The maximum Gasteiger partial charge on any atom is 0.272 e. The Balaban J connectivity index is 2.21. The van der Waals surface area contributed by atoms with Gasteiger partial charge in [-0.3, -0.25) is 4.79 Å². The first kappa shape index (κ1) is 10.4. The van der Waals surface area contributed by atoms with E-state index in [1.807, 2.05) is 6.92 Å². The number of hydrogen-bond acceptors (Lipinski definition) is 1. The van der Waals surface area contributed by atoms with Gasteiger partial charge in [0.25, 0.3) is 5.91 Å². The number of hydrogen-bond donors (Lipinski definition) is 2. The topological polar surface area (TPSA) is 44.9 Å². The fraction of sp³-hybridized carbons (Fsp3) is 0.0833. The molecule has 2 aromatic rings. The van der Waals surface area contributed by atoms with Crippen molar-refractivity contribution in [2.24, 2.45) is 0 Å². The maximum absolute atomic E-state index is 13.3. The molecule has 0 aliphatic heterocycles. The second kappa shape index (κ2) is 4.18. The number of H-pyrrole nitrogens is 1. The number of halogens is 1. The SMILES string of the molecule is Cc1ccc(F)c(NC(=O)c2ccc[nH]2)c1. The summed E-state index contributed by atoms with van der Waals surface area (Å²) < 4.78 is 13.3. The molecule has 0 spiro atoms. The van der Waals surface area contributed by atoms with Crippen LogP contribution in [0.15, 0.2) is 36.5 Å². The van der Waals surface area contributed by atoms with Gasteiger partial charge in [0.15, 0.2) is 0 Å². The van der Waals surface area contributed by atoms with Crippen LogP contribution in [0.25, 0.3) is 0 Å². The zero-order valence-electron chi connectivity index (χ0n) is 8.75. The molecule has 1 aromatic carbocycles. The van der Waals surface area contributed by atoms with Crippen molar-refractivity contribution in [3.8, 4) is 0 Å². The molecule has 0 aliphatic carbocycles. The minimum atomic E-state index is -0.439. The zero-order chi connectivity index (χ0) is 11.5. The minimum Gasteiger partial charge on any atom is -0.357 e. The Hall–Kier alpha value is -2.10. The van der Waals surface area contributed by atoms with E-state index in [-0.39, 0.29) is 11.6 Å². The Morgan fingerprint density at radius 1 is 1.38 bits per heavy atom. The van der Waals surface area contributed by atoms with Crippen molar-refractivity contribution in [3.63, 3.8) is 0 Å². The highest BCUT2D eigenvalue weighted by molar-refractivity contribution is 6.03. The molecule has 1 aromatic heterocycles. The van der Waals surface area contributed by atoms with Crippen molar-refractivity contribution < 1.29 is 9.18 Å². The molecular formula is C12H11FN2O. The highest BCUT2D eigenvalue weighted by Crippen LogP contribution is 2.16. The highest BCUT2D eigenvalue weighted by atomic mass is 19.1. The van der Waals surface area contributed by atoms with Crippen LogP contribution in [0.4, 0.5) is 10.1 Å². The van der Waals surface area contributed by atoms with Gasteiger partial charge in [0.1, 0.15) is 11.5 Å². The minimum absolute atomic E-state index is 0.194. The van der Waals surface area contributed by atoms with Gasteiger partial charge in [-0.05, 0) is 36.8 Å². The number of rotatable bonds is 2. The number of aryl methyl sites for hydroxylation is 1. The van der Waals surface area contributed by atoms with Crippen LogP contribution in [0.2, 0.25) is 0 Å². The lowest BCUT2D eigenvalue weighted by atomic mass is 10.2. The Labute approximate surface area is 92.3 Å². The van der Waals surface area contributed by atoms with Gasteiger partial charge >= 0.3 is 0 Å². The van der Waals surface area contributed by atoms with Crippen LogP contribution < -0.4 is 5.32 Å². The molecule has 0 atom stereocenters. The third-order valence-electron chi connectivity index (χ3n) is 2.21. The Kier molecular flexibility index (Phi) is 2.72. The second-order valence-corrected chi connectivity index (χ2v) is 3.52. The number of aromatic nitrogens is 1. The molecule has 82 valence electrons. The van der Waals surface area contributed by atoms with Gasteiger partial charge in [0.2, 0.25) is 0 Å². The first-order valence-corrected chi connectivity index (χ1v) is 4.88. The van der Waals surface area contributed by atoms with E-state index in [0.717, 1.165) is 5.56 Å². The van der Waals surface area contributed by atoms with Gasteiger partial charge in [0, 0.05) is 6.20 Å². The molecule has 0 saturated carbocycles. The number of amides is 1. The fourth-order valence-corrected chi connectivity index (χ4v) is 1.40. The van der Waals surface area contributed by atoms with Crippen LogP contribution in [0.3, 0.4) is 0 Å². The third kappa shape index (κ3) is 2.11. The molecule has 2 rings (SSSR count). The quantitative estimate of drug-likeness (QED) is 0.799. The number of carbonyl (C=O) groups is 1. The van der Waals surface area contributed by atoms with E-state index in [1.54, 1.807) is 30.5 Å². The fourth-order valence-electron chi connectivity index (χ4n) is 1.40. The van der Waals surface area contributed by atoms with E-state index < -0.39 is 5.82 Å². The first-order valence-electron chi connectivity index (χ1n) is 4.88. The van der Waals surface area contributed by atoms with E-state index in [9.17, 15) is 9.18 Å². The van der Waals surface area contributed by atoms with Crippen molar-refractivity contribution in [1.82, 2.24) is 4.98 Å². The lowest BCUT2D eigenvalue weighted by Gasteiger charge is -2.05. The van der Waals surface area contributed by atoms with Crippen molar-refractivity contribution >= 4 is 11.6 Å². The average Bonchev–Trinajstić information content (AvgIpc) is 2.76. The van der Waals surface area contributed by atoms with Crippen LogP contribution in [0, 0.1) is 12.7 Å². The van der Waals surface area contributed by atoms with E-state index in [0.29, 0.717) is 5.69 Å². The van der Waals surface area contributed by atoms with E-state index in [2.05, 4.69) is 10.3 Å². The molecule has 3 nitrogen and oxygen atoms in total. The molecule has 2 N–H and O–H groups in total. The summed E-state index contributed by atoms with van der Waals surface area (Å²) in [7, 11) is 0. The molecule has 1 heterocycles. The van der Waals surface area contributed by atoms with Gasteiger partial charge < -0.3 is 10.3 Å². The Bertz CT molecular complexity index is 506. The van der Waals surface area contributed by atoms with Crippen LogP contribution in [0.1, 0.15) is 16.1 Å². The lowest BCUT2D eigenvalue weighted by molar-refractivity contribution is 0.102. The lowest BCUT2D eigenvalue weighted by Crippen LogP contribution is -2.13. The van der Waals surface area contributed by atoms with Crippen LogP contribution >= 0.6 is 0 Å². The van der Waals surface area contributed by atoms with E-state index in [1.165, 1.54) is 6.07 Å². The van der Waals surface area contributed by atoms with Crippen molar-refractivity contribution in [1.29, 1.82) is 0 Å². The molecule has 4 heteroatoms. The maximum atomic E-state index is 13.3. The van der Waals surface area contributed by atoms with Gasteiger partial charge in [-0.25, -0.2) is 4.39 Å². The molecule has 0 bridgehead atoms. The molecule has 1 amide bonds.